The van der Waals surface area contributed by atoms with Crippen LogP contribution in [0.15, 0.2) is 30.3 Å². The van der Waals surface area contributed by atoms with E-state index in [2.05, 4.69) is 4.98 Å². The molecule has 1 aromatic heterocycles. The third kappa shape index (κ3) is 3.50. The van der Waals surface area contributed by atoms with Crippen LogP contribution in [0.25, 0.3) is 22.2 Å². The average molecular weight is 393 g/mol. The van der Waals surface area contributed by atoms with E-state index in [0.29, 0.717) is 16.6 Å². The highest BCUT2D eigenvalue weighted by Crippen LogP contribution is 2.42. The van der Waals surface area contributed by atoms with E-state index in [0.717, 1.165) is 58.5 Å². The topological polar surface area (TPSA) is 60.3 Å². The predicted molar refractivity (Wildman–Crippen MR) is 109 cm³/mol. The molecule has 0 saturated carbocycles. The zero-order valence-corrected chi connectivity index (χ0v) is 16.4. The number of fused-ring (bicyclic) bond motifs is 1. The minimum absolute atomic E-state index is 0.642. The first-order valence-electron chi connectivity index (χ1n) is 8.51. The van der Waals surface area contributed by atoms with Crippen molar-refractivity contribution < 1.29 is 9.47 Å². The Morgan fingerprint density at radius 3 is 2.46 bits per heavy atom. The first-order valence-corrected chi connectivity index (χ1v) is 9.27. The van der Waals surface area contributed by atoms with E-state index in [4.69, 9.17) is 38.4 Å². The number of ether oxygens (including phenoxy) is 2. The largest absolute Gasteiger partial charge is 0.497 e. The van der Waals surface area contributed by atoms with Gasteiger partial charge in [0, 0.05) is 17.0 Å². The molecule has 6 heteroatoms. The number of hydrogen-bond acceptors (Lipinski definition) is 3. The molecule has 0 radical (unpaired) electrons. The van der Waals surface area contributed by atoms with E-state index >= 15 is 0 Å². The van der Waals surface area contributed by atoms with Gasteiger partial charge in [-0.15, -0.1) is 0 Å². The summed E-state index contributed by atoms with van der Waals surface area (Å²) in [6, 6.07) is 9.41. The molecule has 0 unspecified atom stereocenters. The Hall–Kier alpha value is -1.88. The molecule has 0 atom stereocenters. The molecular weight excluding hydrogens is 371 g/mol. The molecule has 26 heavy (non-hydrogen) atoms. The fraction of sp³-hybridized carbons (Fsp3) is 0.300. The summed E-state index contributed by atoms with van der Waals surface area (Å²) in [4.78, 5) is 3.46. The van der Waals surface area contributed by atoms with Crippen LogP contribution in [0.2, 0.25) is 10.0 Å². The SMILES string of the molecule is COc1ccc(-c2[nH]c3c(Cl)ccc(Cl)c3c2CCCCN)c(OC)c1. The quantitative estimate of drug-likeness (QED) is 0.526. The molecule has 0 spiro atoms. The zero-order chi connectivity index (χ0) is 18.7. The summed E-state index contributed by atoms with van der Waals surface area (Å²) in [6.45, 7) is 0.665. The first kappa shape index (κ1) is 18.9. The monoisotopic (exact) mass is 392 g/mol. The first-order chi connectivity index (χ1) is 12.6. The van der Waals surface area contributed by atoms with Gasteiger partial charge in [-0.25, -0.2) is 0 Å². The number of aryl methyl sites for hydroxylation is 1. The lowest BCUT2D eigenvalue weighted by atomic mass is 9.99. The summed E-state index contributed by atoms with van der Waals surface area (Å²) >= 11 is 12.9. The van der Waals surface area contributed by atoms with Crippen molar-refractivity contribution in [1.29, 1.82) is 0 Å². The molecule has 0 bridgehead atoms. The van der Waals surface area contributed by atoms with Crippen molar-refractivity contribution in [3.63, 3.8) is 0 Å². The fourth-order valence-corrected chi connectivity index (χ4v) is 3.70. The van der Waals surface area contributed by atoms with Crippen LogP contribution in [-0.2, 0) is 6.42 Å². The van der Waals surface area contributed by atoms with Crippen LogP contribution < -0.4 is 15.2 Å². The van der Waals surface area contributed by atoms with Gasteiger partial charge in [-0.3, -0.25) is 0 Å². The van der Waals surface area contributed by atoms with Gasteiger partial charge in [-0.05, 0) is 55.6 Å². The Morgan fingerprint density at radius 2 is 1.77 bits per heavy atom. The van der Waals surface area contributed by atoms with Gasteiger partial charge in [0.2, 0.25) is 0 Å². The second-order valence-electron chi connectivity index (χ2n) is 6.07. The number of nitrogens with two attached hydrogens (primary N) is 1. The third-order valence-corrected chi connectivity index (χ3v) is 5.15. The van der Waals surface area contributed by atoms with Crippen LogP contribution in [0.4, 0.5) is 0 Å². The minimum atomic E-state index is 0.642. The lowest BCUT2D eigenvalue weighted by Gasteiger charge is -2.12. The number of rotatable bonds is 7. The molecule has 0 saturated heterocycles. The van der Waals surface area contributed by atoms with E-state index in [-0.39, 0.29) is 0 Å². The number of benzene rings is 2. The van der Waals surface area contributed by atoms with E-state index in [1.807, 2.05) is 24.3 Å². The molecule has 1 heterocycles. The van der Waals surface area contributed by atoms with Crippen molar-refractivity contribution in [3.8, 4) is 22.8 Å². The Kier molecular flexibility index (Phi) is 5.97. The number of halogens is 2. The molecule has 3 rings (SSSR count). The summed E-state index contributed by atoms with van der Waals surface area (Å²) in [5.41, 5.74) is 9.55. The fourth-order valence-electron chi connectivity index (χ4n) is 3.23. The summed E-state index contributed by atoms with van der Waals surface area (Å²) in [7, 11) is 3.28. The van der Waals surface area contributed by atoms with E-state index in [9.17, 15) is 0 Å². The van der Waals surface area contributed by atoms with Gasteiger partial charge >= 0.3 is 0 Å². The normalized spacial score (nSPS) is 11.1. The van der Waals surface area contributed by atoms with Crippen LogP contribution >= 0.6 is 23.2 Å². The van der Waals surface area contributed by atoms with Gasteiger partial charge in [-0.2, -0.15) is 0 Å². The Morgan fingerprint density at radius 1 is 1.00 bits per heavy atom. The van der Waals surface area contributed by atoms with E-state index in [1.54, 1.807) is 20.3 Å². The van der Waals surface area contributed by atoms with Crippen molar-refractivity contribution in [1.82, 2.24) is 4.98 Å². The van der Waals surface area contributed by atoms with Crippen LogP contribution in [0.5, 0.6) is 11.5 Å². The summed E-state index contributed by atoms with van der Waals surface area (Å²) in [5, 5.41) is 2.29. The molecular formula is C20H22Cl2N2O2. The van der Waals surface area contributed by atoms with Crippen LogP contribution in [0, 0.1) is 0 Å². The van der Waals surface area contributed by atoms with Crippen molar-refractivity contribution in [2.75, 3.05) is 20.8 Å². The maximum Gasteiger partial charge on any atom is 0.131 e. The van der Waals surface area contributed by atoms with Crippen molar-refractivity contribution in [2.45, 2.75) is 19.3 Å². The van der Waals surface area contributed by atoms with Gasteiger partial charge in [0.15, 0.2) is 0 Å². The average Bonchev–Trinajstić information content (AvgIpc) is 3.05. The van der Waals surface area contributed by atoms with Crippen molar-refractivity contribution in [2.24, 2.45) is 5.73 Å². The highest BCUT2D eigenvalue weighted by molar-refractivity contribution is 6.40. The summed E-state index contributed by atoms with van der Waals surface area (Å²) < 4.78 is 10.9. The molecule has 138 valence electrons. The van der Waals surface area contributed by atoms with Crippen molar-refractivity contribution >= 4 is 34.1 Å². The molecule has 0 amide bonds. The molecule has 2 aromatic carbocycles. The number of hydrogen-bond donors (Lipinski definition) is 2. The van der Waals surface area contributed by atoms with E-state index in [1.165, 1.54) is 0 Å². The number of aromatic nitrogens is 1. The Bertz CT molecular complexity index is 922. The van der Waals surface area contributed by atoms with Crippen LogP contribution in [0.1, 0.15) is 18.4 Å². The van der Waals surface area contributed by atoms with E-state index < -0.39 is 0 Å². The highest BCUT2D eigenvalue weighted by Gasteiger charge is 2.20. The zero-order valence-electron chi connectivity index (χ0n) is 14.9. The molecule has 4 nitrogen and oxygen atoms in total. The number of aromatic amines is 1. The number of nitrogens with one attached hydrogen (secondary N) is 1. The van der Waals surface area contributed by atoms with Crippen LogP contribution in [0.3, 0.4) is 0 Å². The molecule has 3 N–H and O–H groups in total. The maximum absolute atomic E-state index is 6.51. The van der Waals surface area contributed by atoms with Crippen molar-refractivity contribution in [3.05, 3.63) is 45.9 Å². The standard InChI is InChI=1S/C20H22Cl2N2O2/c1-25-12-6-7-13(17(11-12)26-2)19-14(5-3-4-10-23)18-15(21)8-9-16(22)20(18)24-19/h6-9,11,24H,3-5,10,23H2,1-2H3. The van der Waals surface area contributed by atoms with Gasteiger partial charge < -0.3 is 20.2 Å². The maximum atomic E-state index is 6.51. The highest BCUT2D eigenvalue weighted by atomic mass is 35.5. The summed E-state index contributed by atoms with van der Waals surface area (Å²) in [5.74, 6) is 1.46. The van der Waals surface area contributed by atoms with Gasteiger partial charge in [0.1, 0.15) is 11.5 Å². The molecule has 3 aromatic rings. The molecule has 0 aliphatic carbocycles. The number of methoxy groups -OCH3 is 2. The smallest absolute Gasteiger partial charge is 0.131 e. The van der Waals surface area contributed by atoms with Gasteiger partial charge in [-0.1, -0.05) is 23.2 Å². The van der Waals surface area contributed by atoms with Gasteiger partial charge in [0.25, 0.3) is 0 Å². The Labute approximate surface area is 163 Å². The second-order valence-corrected chi connectivity index (χ2v) is 6.88. The van der Waals surface area contributed by atoms with Crippen LogP contribution in [-0.4, -0.2) is 25.7 Å². The summed E-state index contributed by atoms with van der Waals surface area (Å²) in [6.07, 6.45) is 2.77. The van der Waals surface area contributed by atoms with Gasteiger partial charge in [0.05, 0.1) is 35.5 Å². The lowest BCUT2D eigenvalue weighted by Crippen LogP contribution is -1.99. The molecule has 0 aliphatic heterocycles. The third-order valence-electron chi connectivity index (χ3n) is 4.52. The number of H-pyrrole nitrogens is 1. The second kappa shape index (κ2) is 8.21. The predicted octanol–water partition coefficient (Wildman–Crippen LogP) is 5.44. The molecule has 0 aliphatic rings. The minimum Gasteiger partial charge on any atom is -0.497 e. The lowest BCUT2D eigenvalue weighted by molar-refractivity contribution is 0.395. The number of unbranched alkanes of at least 4 members (excludes halogenated alkanes) is 1. The Balaban J connectivity index is 2.23. The molecule has 0 fully saturated rings.